The quantitative estimate of drug-likeness (QED) is 0.665. The summed E-state index contributed by atoms with van der Waals surface area (Å²) in [5, 5.41) is 1.47. The number of thioether (sulfide) groups is 1. The first kappa shape index (κ1) is 10.1. The first-order valence-corrected chi connectivity index (χ1v) is 6.19. The summed E-state index contributed by atoms with van der Waals surface area (Å²) in [5.74, 6) is 0. The highest BCUT2D eigenvalue weighted by Crippen LogP contribution is 2.31. The fourth-order valence-corrected chi connectivity index (χ4v) is 3.03. The Balaban J connectivity index is 2.02. The van der Waals surface area contributed by atoms with E-state index in [4.69, 9.17) is 11.6 Å². The Hall–Kier alpha value is -0.400. The maximum absolute atomic E-state index is 5.93. The molecule has 1 aliphatic carbocycles. The average Bonchev–Trinajstić information content (AvgIpc) is 2.19. The molecule has 0 spiro atoms. The molecule has 1 aromatic carbocycles. The summed E-state index contributed by atoms with van der Waals surface area (Å²) >= 11 is 7.84. The second-order valence-corrected chi connectivity index (χ2v) is 5.22. The smallest absolute Gasteiger partial charge is 0.0417 e. The molecule has 0 N–H and O–H groups in total. The lowest BCUT2D eigenvalue weighted by molar-refractivity contribution is 0.741. The van der Waals surface area contributed by atoms with Gasteiger partial charge >= 0.3 is 0 Å². The van der Waals surface area contributed by atoms with Gasteiger partial charge in [0.1, 0.15) is 0 Å². The zero-order valence-electron chi connectivity index (χ0n) is 7.95. The van der Waals surface area contributed by atoms with Crippen LogP contribution in [0.1, 0.15) is 19.3 Å². The highest BCUT2D eigenvalue weighted by Gasteiger charge is 2.09. The van der Waals surface area contributed by atoms with Crippen LogP contribution in [0.4, 0.5) is 0 Å². The molecule has 1 atom stereocenters. The van der Waals surface area contributed by atoms with Gasteiger partial charge in [0.2, 0.25) is 0 Å². The molecule has 14 heavy (non-hydrogen) atoms. The Morgan fingerprint density at radius 3 is 3.00 bits per heavy atom. The molecule has 74 valence electrons. The van der Waals surface area contributed by atoms with Crippen molar-refractivity contribution in [2.75, 3.05) is 0 Å². The molecule has 1 aromatic rings. The van der Waals surface area contributed by atoms with Crippen molar-refractivity contribution in [2.24, 2.45) is 0 Å². The summed E-state index contributed by atoms with van der Waals surface area (Å²) in [6, 6.07) is 8.09. The summed E-state index contributed by atoms with van der Waals surface area (Å²) in [6.45, 7) is 0. The number of allylic oxidation sites excluding steroid dienone is 1. The molecule has 0 amide bonds. The molecule has 2 heteroatoms. The SMILES string of the molecule is Clc1cccc(SC2C=CCCC2)c1. The third-order valence-corrected chi connectivity index (χ3v) is 3.75. The van der Waals surface area contributed by atoms with Gasteiger partial charge in [-0.2, -0.15) is 0 Å². The summed E-state index contributed by atoms with van der Waals surface area (Å²) in [6.07, 6.45) is 8.44. The minimum atomic E-state index is 0.641. The number of rotatable bonds is 2. The number of halogens is 1. The molecular weight excluding hydrogens is 212 g/mol. The summed E-state index contributed by atoms with van der Waals surface area (Å²) in [7, 11) is 0. The molecule has 0 saturated heterocycles. The monoisotopic (exact) mass is 224 g/mol. The van der Waals surface area contributed by atoms with Crippen molar-refractivity contribution in [1.82, 2.24) is 0 Å². The Labute approximate surface area is 94.4 Å². The molecular formula is C12H13ClS. The molecule has 0 saturated carbocycles. The number of hydrogen-bond acceptors (Lipinski definition) is 1. The van der Waals surface area contributed by atoms with Crippen molar-refractivity contribution in [3.8, 4) is 0 Å². The molecule has 0 bridgehead atoms. The van der Waals surface area contributed by atoms with E-state index < -0.39 is 0 Å². The van der Waals surface area contributed by atoms with Crippen LogP contribution in [0.15, 0.2) is 41.3 Å². The summed E-state index contributed by atoms with van der Waals surface area (Å²) in [5.41, 5.74) is 0. The van der Waals surface area contributed by atoms with Crippen LogP contribution in [-0.4, -0.2) is 5.25 Å². The minimum Gasteiger partial charge on any atom is -0.119 e. The van der Waals surface area contributed by atoms with Gasteiger partial charge in [0.25, 0.3) is 0 Å². The molecule has 0 radical (unpaired) electrons. The van der Waals surface area contributed by atoms with Crippen LogP contribution in [0.3, 0.4) is 0 Å². The van der Waals surface area contributed by atoms with Gasteiger partial charge in [0.05, 0.1) is 0 Å². The average molecular weight is 225 g/mol. The van der Waals surface area contributed by atoms with Gasteiger partial charge in [-0.25, -0.2) is 0 Å². The van der Waals surface area contributed by atoms with Crippen molar-refractivity contribution in [3.05, 3.63) is 41.4 Å². The lowest BCUT2D eigenvalue weighted by atomic mass is 10.1. The predicted molar refractivity (Wildman–Crippen MR) is 64.1 cm³/mol. The first-order valence-electron chi connectivity index (χ1n) is 4.93. The molecule has 2 rings (SSSR count). The molecule has 1 unspecified atom stereocenters. The van der Waals surface area contributed by atoms with Crippen molar-refractivity contribution in [1.29, 1.82) is 0 Å². The zero-order valence-corrected chi connectivity index (χ0v) is 9.52. The van der Waals surface area contributed by atoms with Gasteiger partial charge in [-0.1, -0.05) is 29.8 Å². The first-order chi connectivity index (χ1) is 6.84. The number of benzene rings is 1. The predicted octanol–water partition coefficient (Wildman–Crippen LogP) is 4.54. The largest absolute Gasteiger partial charge is 0.119 e. The standard InChI is InChI=1S/C12H13ClS/c13-10-5-4-8-12(9-10)14-11-6-2-1-3-7-11/h2,4-6,8-9,11H,1,3,7H2. The van der Waals surface area contributed by atoms with E-state index in [1.807, 2.05) is 30.0 Å². The van der Waals surface area contributed by atoms with Gasteiger partial charge in [-0.3, -0.25) is 0 Å². The van der Waals surface area contributed by atoms with Gasteiger partial charge in [-0.15, -0.1) is 11.8 Å². The van der Waals surface area contributed by atoms with Crippen molar-refractivity contribution in [2.45, 2.75) is 29.4 Å². The van der Waals surface area contributed by atoms with Gasteiger partial charge in [0, 0.05) is 15.2 Å². The maximum Gasteiger partial charge on any atom is 0.0417 e. The molecule has 0 aromatic heterocycles. The van der Waals surface area contributed by atoms with Gasteiger partial charge in [0.15, 0.2) is 0 Å². The van der Waals surface area contributed by atoms with Gasteiger partial charge in [-0.05, 0) is 37.5 Å². The summed E-state index contributed by atoms with van der Waals surface area (Å²) in [4.78, 5) is 1.27. The topological polar surface area (TPSA) is 0 Å². The fraction of sp³-hybridized carbons (Fsp3) is 0.333. The van der Waals surface area contributed by atoms with Crippen molar-refractivity contribution < 1.29 is 0 Å². The van der Waals surface area contributed by atoms with Crippen LogP contribution in [0.2, 0.25) is 5.02 Å². The third kappa shape index (κ3) is 2.79. The zero-order chi connectivity index (χ0) is 9.80. The second kappa shape index (κ2) is 4.90. The lowest BCUT2D eigenvalue weighted by Gasteiger charge is -2.15. The lowest BCUT2D eigenvalue weighted by Crippen LogP contribution is -2.01. The van der Waals surface area contributed by atoms with Gasteiger partial charge < -0.3 is 0 Å². The van der Waals surface area contributed by atoms with Crippen LogP contribution in [0.5, 0.6) is 0 Å². The fourth-order valence-electron chi connectivity index (χ4n) is 1.59. The van der Waals surface area contributed by atoms with E-state index in [1.165, 1.54) is 24.2 Å². The van der Waals surface area contributed by atoms with Crippen LogP contribution < -0.4 is 0 Å². The maximum atomic E-state index is 5.93. The molecule has 0 heterocycles. The highest BCUT2D eigenvalue weighted by molar-refractivity contribution is 8.00. The highest BCUT2D eigenvalue weighted by atomic mass is 35.5. The normalized spacial score (nSPS) is 21.1. The van der Waals surface area contributed by atoms with E-state index in [-0.39, 0.29) is 0 Å². The minimum absolute atomic E-state index is 0.641. The van der Waals surface area contributed by atoms with E-state index in [9.17, 15) is 0 Å². The Kier molecular flexibility index (Phi) is 3.55. The molecule has 0 fully saturated rings. The Bertz CT molecular complexity index is 333. The van der Waals surface area contributed by atoms with Crippen LogP contribution in [-0.2, 0) is 0 Å². The number of hydrogen-bond donors (Lipinski definition) is 0. The van der Waals surface area contributed by atoms with Crippen molar-refractivity contribution in [3.63, 3.8) is 0 Å². The molecule has 1 aliphatic rings. The Morgan fingerprint density at radius 2 is 2.29 bits per heavy atom. The van der Waals surface area contributed by atoms with E-state index in [0.717, 1.165) is 5.02 Å². The Morgan fingerprint density at radius 1 is 1.36 bits per heavy atom. The van der Waals surface area contributed by atoms with E-state index in [2.05, 4.69) is 18.2 Å². The van der Waals surface area contributed by atoms with Crippen LogP contribution >= 0.6 is 23.4 Å². The third-order valence-electron chi connectivity index (χ3n) is 2.29. The molecule has 0 nitrogen and oxygen atoms in total. The van der Waals surface area contributed by atoms with E-state index >= 15 is 0 Å². The molecule has 0 aliphatic heterocycles. The van der Waals surface area contributed by atoms with Crippen LogP contribution in [0.25, 0.3) is 0 Å². The summed E-state index contributed by atoms with van der Waals surface area (Å²) < 4.78 is 0. The second-order valence-electron chi connectivity index (χ2n) is 3.47. The van der Waals surface area contributed by atoms with E-state index in [0.29, 0.717) is 5.25 Å². The van der Waals surface area contributed by atoms with E-state index in [1.54, 1.807) is 0 Å². The van der Waals surface area contributed by atoms with Crippen LogP contribution in [0, 0.1) is 0 Å². The van der Waals surface area contributed by atoms with Crippen molar-refractivity contribution >= 4 is 23.4 Å².